The summed E-state index contributed by atoms with van der Waals surface area (Å²) in [5, 5.41) is 0. The Morgan fingerprint density at radius 2 is 1.93 bits per heavy atom. The highest BCUT2D eigenvalue weighted by Crippen LogP contribution is 2.10. The molecule has 0 spiro atoms. The van der Waals surface area contributed by atoms with Crippen molar-refractivity contribution in [2.24, 2.45) is 0 Å². The third-order valence-electron chi connectivity index (χ3n) is 2.41. The lowest BCUT2D eigenvalue weighted by Gasteiger charge is -1.98. The molecule has 0 aliphatic carbocycles. The van der Waals surface area contributed by atoms with E-state index < -0.39 is 0 Å². The SMILES string of the molecule is C=C(/C=C/c1ccccc1)CCCCC. The van der Waals surface area contributed by atoms with E-state index in [9.17, 15) is 0 Å². The second-order valence-corrected chi connectivity index (χ2v) is 3.86. The number of hydrogen-bond donors (Lipinski definition) is 0. The number of unbranched alkanes of at least 4 members (excludes halogenated alkanes) is 2. The van der Waals surface area contributed by atoms with E-state index in [1.165, 1.54) is 30.4 Å². The first-order chi connectivity index (χ1) is 7.33. The lowest BCUT2D eigenvalue weighted by Crippen LogP contribution is -1.78. The molecule has 0 N–H and O–H groups in total. The van der Waals surface area contributed by atoms with Crippen LogP contribution in [0.4, 0.5) is 0 Å². The zero-order valence-corrected chi connectivity index (χ0v) is 9.58. The van der Waals surface area contributed by atoms with Crippen molar-refractivity contribution in [1.29, 1.82) is 0 Å². The first-order valence-corrected chi connectivity index (χ1v) is 5.74. The molecule has 80 valence electrons. The molecule has 15 heavy (non-hydrogen) atoms. The summed E-state index contributed by atoms with van der Waals surface area (Å²) < 4.78 is 0. The maximum atomic E-state index is 4.05. The molecule has 0 unspecified atom stereocenters. The molecule has 0 aliphatic heterocycles. The van der Waals surface area contributed by atoms with Crippen molar-refractivity contribution in [2.45, 2.75) is 32.6 Å². The van der Waals surface area contributed by atoms with Crippen LogP contribution in [0, 0.1) is 0 Å². The quantitative estimate of drug-likeness (QED) is 0.455. The molecule has 0 nitrogen and oxygen atoms in total. The minimum atomic E-state index is 1.12. The summed E-state index contributed by atoms with van der Waals surface area (Å²) in [7, 11) is 0. The summed E-state index contributed by atoms with van der Waals surface area (Å²) in [4.78, 5) is 0. The zero-order valence-electron chi connectivity index (χ0n) is 9.58. The van der Waals surface area contributed by atoms with Crippen LogP contribution in [0.15, 0.2) is 48.6 Å². The molecule has 1 aromatic carbocycles. The van der Waals surface area contributed by atoms with Crippen molar-refractivity contribution < 1.29 is 0 Å². The summed E-state index contributed by atoms with van der Waals surface area (Å²) in [6.07, 6.45) is 9.22. The second kappa shape index (κ2) is 7.05. The Morgan fingerprint density at radius 1 is 1.20 bits per heavy atom. The van der Waals surface area contributed by atoms with Crippen LogP contribution < -0.4 is 0 Å². The smallest absolute Gasteiger partial charge is 0.0257 e. The van der Waals surface area contributed by atoms with Crippen LogP contribution in [0.3, 0.4) is 0 Å². The number of hydrogen-bond acceptors (Lipinski definition) is 0. The van der Waals surface area contributed by atoms with Gasteiger partial charge in [0.1, 0.15) is 0 Å². The number of rotatable bonds is 6. The van der Waals surface area contributed by atoms with E-state index in [4.69, 9.17) is 0 Å². The summed E-state index contributed by atoms with van der Waals surface area (Å²) >= 11 is 0. The van der Waals surface area contributed by atoms with Crippen molar-refractivity contribution in [3.8, 4) is 0 Å². The first kappa shape index (κ1) is 11.8. The van der Waals surface area contributed by atoms with Gasteiger partial charge in [0.05, 0.1) is 0 Å². The van der Waals surface area contributed by atoms with Crippen molar-refractivity contribution in [3.63, 3.8) is 0 Å². The molecular weight excluding hydrogens is 180 g/mol. The highest BCUT2D eigenvalue weighted by molar-refractivity contribution is 5.52. The molecule has 0 fully saturated rings. The normalized spacial score (nSPS) is 10.7. The predicted molar refractivity (Wildman–Crippen MR) is 68.8 cm³/mol. The lowest BCUT2D eigenvalue weighted by atomic mass is 10.1. The molecule has 0 heterocycles. The highest BCUT2D eigenvalue weighted by Gasteiger charge is 1.89. The third kappa shape index (κ3) is 5.21. The standard InChI is InChI=1S/C15H20/c1-3-4-6-9-14(2)12-13-15-10-7-5-8-11-15/h5,7-8,10-13H,2-4,6,9H2,1H3/b13-12+. The summed E-state index contributed by atoms with van der Waals surface area (Å²) in [5.41, 5.74) is 2.47. The van der Waals surface area contributed by atoms with E-state index in [1.54, 1.807) is 0 Å². The van der Waals surface area contributed by atoms with Gasteiger partial charge < -0.3 is 0 Å². The molecule has 0 aromatic heterocycles. The van der Waals surface area contributed by atoms with Crippen molar-refractivity contribution in [1.82, 2.24) is 0 Å². The average Bonchev–Trinajstić information content (AvgIpc) is 2.28. The van der Waals surface area contributed by atoms with Crippen LogP contribution in [0.5, 0.6) is 0 Å². The Labute approximate surface area is 93.3 Å². The van der Waals surface area contributed by atoms with E-state index in [1.807, 2.05) is 6.07 Å². The van der Waals surface area contributed by atoms with Crippen LogP contribution in [0.1, 0.15) is 38.2 Å². The Kier molecular flexibility index (Phi) is 5.54. The van der Waals surface area contributed by atoms with Crippen molar-refractivity contribution in [2.75, 3.05) is 0 Å². The number of benzene rings is 1. The summed E-state index contributed by atoms with van der Waals surface area (Å²) in [6.45, 7) is 6.28. The average molecular weight is 200 g/mol. The van der Waals surface area contributed by atoms with Gasteiger partial charge in [-0.15, -0.1) is 0 Å². The van der Waals surface area contributed by atoms with Gasteiger partial charge in [-0.3, -0.25) is 0 Å². The summed E-state index contributed by atoms with van der Waals surface area (Å²) in [6, 6.07) is 10.4. The minimum Gasteiger partial charge on any atom is -0.0958 e. The van der Waals surface area contributed by atoms with Gasteiger partial charge in [0.2, 0.25) is 0 Å². The Hall–Kier alpha value is -1.30. The first-order valence-electron chi connectivity index (χ1n) is 5.74. The van der Waals surface area contributed by atoms with Crippen LogP contribution in [0.2, 0.25) is 0 Å². The monoisotopic (exact) mass is 200 g/mol. The molecule has 0 amide bonds. The molecular formula is C15H20. The van der Waals surface area contributed by atoms with Crippen LogP contribution >= 0.6 is 0 Å². The molecule has 0 saturated heterocycles. The fourth-order valence-electron chi connectivity index (χ4n) is 1.46. The lowest BCUT2D eigenvalue weighted by molar-refractivity contribution is 0.720. The van der Waals surface area contributed by atoms with Crippen LogP contribution in [0.25, 0.3) is 6.08 Å². The largest absolute Gasteiger partial charge is 0.0958 e. The Morgan fingerprint density at radius 3 is 2.60 bits per heavy atom. The molecule has 0 bridgehead atoms. The van der Waals surface area contributed by atoms with Crippen molar-refractivity contribution >= 4 is 6.08 Å². The van der Waals surface area contributed by atoms with Gasteiger partial charge in [-0.05, 0) is 18.4 Å². The maximum absolute atomic E-state index is 4.05. The second-order valence-electron chi connectivity index (χ2n) is 3.86. The fraction of sp³-hybridized carbons (Fsp3) is 0.333. The van der Waals surface area contributed by atoms with Gasteiger partial charge >= 0.3 is 0 Å². The topological polar surface area (TPSA) is 0 Å². The predicted octanol–water partition coefficient (Wildman–Crippen LogP) is 4.84. The molecule has 0 radical (unpaired) electrons. The molecule has 0 aliphatic rings. The molecule has 1 rings (SSSR count). The van der Waals surface area contributed by atoms with Gasteiger partial charge in [-0.2, -0.15) is 0 Å². The van der Waals surface area contributed by atoms with Gasteiger partial charge in [0, 0.05) is 0 Å². The van der Waals surface area contributed by atoms with E-state index in [2.05, 4.69) is 49.9 Å². The molecule has 0 saturated carbocycles. The third-order valence-corrected chi connectivity index (χ3v) is 2.41. The van der Waals surface area contributed by atoms with Gasteiger partial charge in [0.15, 0.2) is 0 Å². The van der Waals surface area contributed by atoms with Gasteiger partial charge in [-0.1, -0.05) is 74.4 Å². The Bertz CT molecular complexity index is 306. The van der Waals surface area contributed by atoms with E-state index in [0.717, 1.165) is 6.42 Å². The molecule has 0 heteroatoms. The minimum absolute atomic E-state index is 1.12. The highest BCUT2D eigenvalue weighted by atomic mass is 14.0. The zero-order chi connectivity index (χ0) is 10.9. The maximum Gasteiger partial charge on any atom is -0.0257 e. The molecule has 1 aromatic rings. The van der Waals surface area contributed by atoms with Gasteiger partial charge in [-0.25, -0.2) is 0 Å². The number of allylic oxidation sites excluding steroid dienone is 2. The van der Waals surface area contributed by atoms with Crippen LogP contribution in [-0.2, 0) is 0 Å². The van der Waals surface area contributed by atoms with E-state index >= 15 is 0 Å². The summed E-state index contributed by atoms with van der Waals surface area (Å²) in [5.74, 6) is 0. The Balaban J connectivity index is 2.34. The van der Waals surface area contributed by atoms with E-state index in [0.29, 0.717) is 0 Å². The van der Waals surface area contributed by atoms with Crippen molar-refractivity contribution in [3.05, 3.63) is 54.1 Å². The van der Waals surface area contributed by atoms with Gasteiger partial charge in [0.25, 0.3) is 0 Å². The molecule has 0 atom stereocenters. The fourth-order valence-corrected chi connectivity index (χ4v) is 1.46. The van der Waals surface area contributed by atoms with Crippen LogP contribution in [-0.4, -0.2) is 0 Å². The van der Waals surface area contributed by atoms with E-state index in [-0.39, 0.29) is 0 Å².